The minimum atomic E-state index is -4.33. The van der Waals surface area contributed by atoms with E-state index >= 15 is 0 Å². The highest BCUT2D eigenvalue weighted by Gasteiger charge is 2.34. The number of halogens is 3. The number of fused-ring (bicyclic) bond motifs is 3. The largest absolute Gasteiger partial charge is 0.417 e. The van der Waals surface area contributed by atoms with Gasteiger partial charge in [0.25, 0.3) is 0 Å². The minimum Gasteiger partial charge on any atom is -0.338 e. The molecule has 4 nitrogen and oxygen atoms in total. The van der Waals surface area contributed by atoms with Crippen molar-refractivity contribution in [2.24, 2.45) is 0 Å². The van der Waals surface area contributed by atoms with Crippen molar-refractivity contribution >= 4 is 5.82 Å². The molecule has 1 unspecified atom stereocenters. The van der Waals surface area contributed by atoms with Crippen molar-refractivity contribution in [3.8, 4) is 0 Å². The molecule has 0 bridgehead atoms. The van der Waals surface area contributed by atoms with Crippen molar-refractivity contribution in [1.82, 2.24) is 15.6 Å². The Bertz CT molecular complexity index is 460. The lowest BCUT2D eigenvalue weighted by atomic mass is 10.1. The van der Waals surface area contributed by atoms with Crippen LogP contribution in [0.15, 0.2) is 12.3 Å². The fraction of sp³-hybridized carbons (Fsp3) is 0.545. The molecule has 2 aliphatic rings. The molecule has 3 heterocycles. The quantitative estimate of drug-likeness (QED) is 0.726. The lowest BCUT2D eigenvalue weighted by molar-refractivity contribution is -0.137. The Kier molecular flexibility index (Phi) is 2.67. The van der Waals surface area contributed by atoms with Crippen LogP contribution in [0, 0.1) is 0 Å². The van der Waals surface area contributed by atoms with E-state index in [-0.39, 0.29) is 6.17 Å². The summed E-state index contributed by atoms with van der Waals surface area (Å²) < 4.78 is 37.8. The van der Waals surface area contributed by atoms with Crippen molar-refractivity contribution in [3.05, 3.63) is 23.4 Å². The van der Waals surface area contributed by atoms with Gasteiger partial charge in [-0.1, -0.05) is 0 Å². The van der Waals surface area contributed by atoms with E-state index in [1.165, 1.54) is 6.07 Å². The maximum Gasteiger partial charge on any atom is 0.417 e. The summed E-state index contributed by atoms with van der Waals surface area (Å²) in [7, 11) is 0. The van der Waals surface area contributed by atoms with Crippen molar-refractivity contribution in [3.63, 3.8) is 0 Å². The second-order valence-electron chi connectivity index (χ2n) is 4.50. The van der Waals surface area contributed by atoms with Crippen molar-refractivity contribution in [2.45, 2.75) is 18.9 Å². The summed E-state index contributed by atoms with van der Waals surface area (Å²) in [6.07, 6.45) is -3.29. The molecule has 2 aliphatic heterocycles. The number of aromatic nitrogens is 1. The smallest absolute Gasteiger partial charge is 0.338 e. The molecule has 1 aromatic rings. The monoisotopic (exact) mass is 258 g/mol. The molecule has 1 fully saturated rings. The van der Waals surface area contributed by atoms with Gasteiger partial charge in [0.1, 0.15) is 5.82 Å². The summed E-state index contributed by atoms with van der Waals surface area (Å²) in [6.45, 7) is 2.78. The fourth-order valence-electron chi connectivity index (χ4n) is 2.41. The van der Waals surface area contributed by atoms with Crippen LogP contribution in [0.4, 0.5) is 19.0 Å². The summed E-state index contributed by atoms with van der Waals surface area (Å²) in [6, 6.07) is 1.19. The first-order chi connectivity index (χ1) is 8.55. The molecule has 0 amide bonds. The van der Waals surface area contributed by atoms with Crippen molar-refractivity contribution in [1.29, 1.82) is 0 Å². The highest BCUT2D eigenvalue weighted by atomic mass is 19.4. The number of alkyl halides is 3. The predicted octanol–water partition coefficient (Wildman–Crippen LogP) is 0.939. The Hall–Kier alpha value is -1.34. The van der Waals surface area contributed by atoms with E-state index in [2.05, 4.69) is 15.6 Å². The Labute approximate surface area is 102 Å². The van der Waals surface area contributed by atoms with E-state index < -0.39 is 11.7 Å². The van der Waals surface area contributed by atoms with E-state index in [0.29, 0.717) is 17.9 Å². The number of pyridine rings is 1. The van der Waals surface area contributed by atoms with E-state index in [0.717, 1.165) is 25.8 Å². The van der Waals surface area contributed by atoms with Crippen molar-refractivity contribution in [2.75, 3.05) is 24.5 Å². The van der Waals surface area contributed by atoms with E-state index in [1.54, 1.807) is 0 Å². The van der Waals surface area contributed by atoms with Gasteiger partial charge in [0.2, 0.25) is 0 Å². The van der Waals surface area contributed by atoms with Crippen LogP contribution in [0.3, 0.4) is 0 Å². The molecule has 3 rings (SSSR count). The number of piperazine rings is 1. The van der Waals surface area contributed by atoms with Gasteiger partial charge in [0, 0.05) is 37.9 Å². The van der Waals surface area contributed by atoms with Crippen LogP contribution in [0.25, 0.3) is 0 Å². The van der Waals surface area contributed by atoms with E-state index in [9.17, 15) is 13.2 Å². The number of nitrogens with zero attached hydrogens (tertiary/aromatic N) is 2. The molecule has 1 saturated heterocycles. The van der Waals surface area contributed by atoms with Gasteiger partial charge in [-0.3, -0.25) is 5.32 Å². The third-order valence-electron chi connectivity index (χ3n) is 3.31. The van der Waals surface area contributed by atoms with E-state index in [4.69, 9.17) is 0 Å². The van der Waals surface area contributed by atoms with Crippen LogP contribution in [0.2, 0.25) is 0 Å². The number of rotatable bonds is 0. The first kappa shape index (κ1) is 11.7. The summed E-state index contributed by atoms with van der Waals surface area (Å²) in [5, 5.41) is 6.45. The second-order valence-corrected chi connectivity index (χ2v) is 4.50. The fourth-order valence-corrected chi connectivity index (χ4v) is 2.41. The third kappa shape index (κ3) is 1.93. The van der Waals surface area contributed by atoms with Crippen LogP contribution in [-0.2, 0) is 12.7 Å². The third-order valence-corrected chi connectivity index (χ3v) is 3.31. The number of nitrogens with one attached hydrogen (secondary N) is 2. The van der Waals surface area contributed by atoms with Gasteiger partial charge in [0.15, 0.2) is 0 Å². The summed E-state index contributed by atoms with van der Waals surface area (Å²) >= 11 is 0. The molecule has 2 N–H and O–H groups in total. The van der Waals surface area contributed by atoms with Crippen LogP contribution in [0.5, 0.6) is 0 Å². The number of anilines is 1. The maximum atomic E-state index is 12.6. The zero-order chi connectivity index (χ0) is 12.8. The van der Waals surface area contributed by atoms with Gasteiger partial charge in [-0.25, -0.2) is 4.98 Å². The SMILES string of the molecule is FC(F)(F)c1cnc2c(c1)CNC1CNCCN21. The van der Waals surface area contributed by atoms with Gasteiger partial charge < -0.3 is 10.2 Å². The Morgan fingerprint density at radius 3 is 3.00 bits per heavy atom. The molecule has 18 heavy (non-hydrogen) atoms. The molecule has 98 valence electrons. The molecular weight excluding hydrogens is 245 g/mol. The first-order valence-electron chi connectivity index (χ1n) is 5.82. The minimum absolute atomic E-state index is 0.121. The molecule has 0 spiro atoms. The zero-order valence-corrected chi connectivity index (χ0v) is 9.59. The molecule has 1 atom stereocenters. The van der Waals surface area contributed by atoms with Gasteiger partial charge in [-0.15, -0.1) is 0 Å². The zero-order valence-electron chi connectivity index (χ0n) is 9.59. The second kappa shape index (κ2) is 4.10. The highest BCUT2D eigenvalue weighted by molar-refractivity contribution is 5.51. The Morgan fingerprint density at radius 1 is 1.39 bits per heavy atom. The van der Waals surface area contributed by atoms with Crippen molar-refractivity contribution < 1.29 is 13.2 Å². The standard InChI is InChI=1S/C11H13F3N4/c12-11(13,14)8-3-7-4-16-9-6-15-1-2-18(9)10(7)17-5-8/h3,5,9,15-16H,1-2,4,6H2. The van der Waals surface area contributed by atoms with Gasteiger partial charge in [0.05, 0.1) is 11.7 Å². The summed E-state index contributed by atoms with van der Waals surface area (Å²) in [5.41, 5.74) is -0.0698. The van der Waals surface area contributed by atoms with Crippen LogP contribution >= 0.6 is 0 Å². The van der Waals surface area contributed by atoms with Gasteiger partial charge >= 0.3 is 6.18 Å². The highest BCUT2D eigenvalue weighted by Crippen LogP contribution is 2.33. The van der Waals surface area contributed by atoms with Crippen LogP contribution < -0.4 is 15.5 Å². The Morgan fingerprint density at radius 2 is 2.22 bits per heavy atom. The molecule has 0 aliphatic carbocycles. The Balaban J connectivity index is 1.96. The summed E-state index contributed by atoms with van der Waals surface area (Å²) in [5.74, 6) is 0.674. The predicted molar refractivity (Wildman–Crippen MR) is 60.1 cm³/mol. The molecule has 0 aromatic carbocycles. The molecule has 1 aromatic heterocycles. The topological polar surface area (TPSA) is 40.2 Å². The molecule has 7 heteroatoms. The maximum absolute atomic E-state index is 12.6. The van der Waals surface area contributed by atoms with E-state index in [1.807, 2.05) is 4.90 Å². The summed E-state index contributed by atoms with van der Waals surface area (Å²) in [4.78, 5) is 6.03. The molecular formula is C11H13F3N4. The van der Waals surface area contributed by atoms with Gasteiger partial charge in [-0.05, 0) is 6.07 Å². The number of hydrogen-bond donors (Lipinski definition) is 2. The lowest BCUT2D eigenvalue weighted by Gasteiger charge is -2.42. The average molecular weight is 258 g/mol. The van der Waals surface area contributed by atoms with Crippen LogP contribution in [-0.4, -0.2) is 30.8 Å². The number of hydrogen-bond acceptors (Lipinski definition) is 4. The first-order valence-corrected chi connectivity index (χ1v) is 5.82. The lowest BCUT2D eigenvalue weighted by Crippen LogP contribution is -2.60. The van der Waals surface area contributed by atoms with Crippen LogP contribution in [0.1, 0.15) is 11.1 Å². The van der Waals surface area contributed by atoms with Gasteiger partial charge in [-0.2, -0.15) is 13.2 Å². The molecule has 0 saturated carbocycles. The average Bonchev–Trinajstić information content (AvgIpc) is 2.37. The molecule has 0 radical (unpaired) electrons. The normalized spacial score (nSPS) is 23.5.